The molecule has 4 rings (SSSR count). The summed E-state index contributed by atoms with van der Waals surface area (Å²) in [5.74, 6) is 7.96. The second-order valence-electron chi connectivity index (χ2n) is 9.27. The van der Waals surface area contributed by atoms with Crippen molar-refractivity contribution < 1.29 is 29.2 Å². The number of aliphatic hydroxyl groups is 2. The number of hydrogen-bond acceptors (Lipinski definition) is 12. The van der Waals surface area contributed by atoms with E-state index in [4.69, 9.17) is 45.5 Å². The normalized spacial score (nSPS) is 16.3. The third-order valence-corrected chi connectivity index (χ3v) is 6.72. The van der Waals surface area contributed by atoms with Gasteiger partial charge in [0.2, 0.25) is 0 Å². The molecule has 1 aromatic heterocycles. The van der Waals surface area contributed by atoms with E-state index in [0.29, 0.717) is 64.5 Å². The fourth-order valence-electron chi connectivity index (χ4n) is 4.71. The molecule has 0 saturated heterocycles. The van der Waals surface area contributed by atoms with Gasteiger partial charge in [0, 0.05) is 32.3 Å². The average Bonchev–Trinajstić information content (AvgIpc) is 2.95. The molecule has 0 aliphatic carbocycles. The molecule has 2 heterocycles. The number of hydrazine groups is 1. The van der Waals surface area contributed by atoms with Gasteiger partial charge >= 0.3 is 0 Å². The Morgan fingerprint density at radius 1 is 0.800 bits per heavy atom. The molecule has 3 aromatic rings. The highest BCUT2D eigenvalue weighted by molar-refractivity contribution is 6.06. The zero-order valence-electron chi connectivity index (χ0n) is 23.2. The predicted octanol–water partition coefficient (Wildman–Crippen LogP) is 1.36. The standard InChI is InChI=1S/C28H36N6O6/c1-37-21-7-5-17(15-23(21)39-3)13-19-26-27(34(30)28(29,33-19)10-12-36)20(31-25(32-26)9-11-35)14-18-6-8-22(38-2)24(16-18)40-4/h5-8,15-16,35-36H,9-14,29-30H2,1-4H3. The second kappa shape index (κ2) is 12.5. The Labute approximate surface area is 233 Å². The van der Waals surface area contributed by atoms with Crippen molar-refractivity contribution in [2.24, 2.45) is 16.6 Å². The van der Waals surface area contributed by atoms with Gasteiger partial charge < -0.3 is 29.2 Å². The van der Waals surface area contributed by atoms with Crippen LogP contribution in [0, 0.1) is 0 Å². The number of nitrogens with two attached hydrogens (primary N) is 2. The molecule has 1 aliphatic heterocycles. The van der Waals surface area contributed by atoms with Gasteiger partial charge in [0.15, 0.2) is 28.8 Å². The molecule has 2 aromatic carbocycles. The quantitative estimate of drug-likeness (QED) is 0.239. The second-order valence-corrected chi connectivity index (χ2v) is 9.27. The lowest BCUT2D eigenvalue weighted by Gasteiger charge is -2.41. The fraction of sp³-hybridized carbons (Fsp3) is 0.393. The molecule has 6 N–H and O–H groups in total. The Bertz CT molecular complexity index is 1380. The number of ether oxygens (including phenoxy) is 4. The molecule has 1 unspecified atom stereocenters. The molecule has 0 fully saturated rings. The number of rotatable bonds is 12. The Morgan fingerprint density at radius 3 is 1.90 bits per heavy atom. The highest BCUT2D eigenvalue weighted by Gasteiger charge is 2.39. The number of fused-ring (bicyclic) bond motifs is 1. The summed E-state index contributed by atoms with van der Waals surface area (Å²) in [5, 5.41) is 20.9. The molecule has 12 nitrogen and oxygen atoms in total. The van der Waals surface area contributed by atoms with E-state index >= 15 is 0 Å². The van der Waals surface area contributed by atoms with E-state index in [1.165, 1.54) is 5.01 Å². The monoisotopic (exact) mass is 552 g/mol. The van der Waals surface area contributed by atoms with Crippen LogP contribution in [0.2, 0.25) is 0 Å². The number of aliphatic imine (C=N–C) groups is 1. The van der Waals surface area contributed by atoms with Gasteiger partial charge in [-0.1, -0.05) is 12.1 Å². The van der Waals surface area contributed by atoms with Crippen LogP contribution in [-0.2, 0) is 19.3 Å². The molecular weight excluding hydrogens is 516 g/mol. The molecule has 0 spiro atoms. The molecule has 0 saturated carbocycles. The molecule has 214 valence electrons. The lowest BCUT2D eigenvalue weighted by Crippen LogP contribution is -2.62. The first-order chi connectivity index (χ1) is 19.3. The first kappa shape index (κ1) is 29.0. The summed E-state index contributed by atoms with van der Waals surface area (Å²) in [4.78, 5) is 14.3. The van der Waals surface area contributed by atoms with Gasteiger partial charge in [-0.3, -0.25) is 10.7 Å². The van der Waals surface area contributed by atoms with Crippen molar-refractivity contribution in [2.75, 3.05) is 46.7 Å². The van der Waals surface area contributed by atoms with Crippen LogP contribution in [0.1, 0.15) is 34.8 Å². The van der Waals surface area contributed by atoms with Gasteiger partial charge in [0.1, 0.15) is 17.2 Å². The minimum atomic E-state index is -1.44. The summed E-state index contributed by atoms with van der Waals surface area (Å²) >= 11 is 0. The van der Waals surface area contributed by atoms with E-state index in [2.05, 4.69) is 0 Å². The summed E-state index contributed by atoms with van der Waals surface area (Å²) in [5.41, 5.74) is 10.6. The van der Waals surface area contributed by atoms with Crippen molar-refractivity contribution in [1.29, 1.82) is 0 Å². The van der Waals surface area contributed by atoms with Gasteiger partial charge in [-0.25, -0.2) is 20.8 Å². The maximum atomic E-state index is 9.83. The van der Waals surface area contributed by atoms with E-state index in [0.717, 1.165) is 11.1 Å². The number of benzene rings is 2. The summed E-state index contributed by atoms with van der Waals surface area (Å²) in [6.07, 6.45) is 1.02. The van der Waals surface area contributed by atoms with Crippen LogP contribution in [0.15, 0.2) is 41.4 Å². The van der Waals surface area contributed by atoms with E-state index in [-0.39, 0.29) is 26.1 Å². The van der Waals surface area contributed by atoms with Crippen LogP contribution < -0.4 is 35.5 Å². The first-order valence-corrected chi connectivity index (χ1v) is 12.8. The van der Waals surface area contributed by atoms with Crippen LogP contribution in [0.4, 0.5) is 5.69 Å². The Hall–Kier alpha value is -3.97. The number of aliphatic hydroxyl groups excluding tert-OH is 2. The molecule has 1 aliphatic rings. The summed E-state index contributed by atoms with van der Waals surface area (Å²) in [6.45, 7) is -0.366. The smallest absolute Gasteiger partial charge is 0.200 e. The predicted molar refractivity (Wildman–Crippen MR) is 150 cm³/mol. The number of aromatic nitrogens is 2. The molecule has 12 heteroatoms. The van der Waals surface area contributed by atoms with Crippen molar-refractivity contribution >= 4 is 11.4 Å². The third kappa shape index (κ3) is 5.80. The Morgan fingerprint density at radius 2 is 1.38 bits per heavy atom. The van der Waals surface area contributed by atoms with Crippen molar-refractivity contribution in [3.8, 4) is 23.0 Å². The molecular formula is C28H36N6O6. The maximum absolute atomic E-state index is 9.83. The van der Waals surface area contributed by atoms with Gasteiger partial charge in [-0.2, -0.15) is 0 Å². The van der Waals surface area contributed by atoms with Crippen molar-refractivity contribution in [1.82, 2.24) is 9.97 Å². The Kier molecular flexibility index (Phi) is 9.05. The minimum Gasteiger partial charge on any atom is -0.493 e. The molecule has 0 amide bonds. The summed E-state index contributed by atoms with van der Waals surface area (Å²) in [7, 11) is 6.30. The van der Waals surface area contributed by atoms with E-state index in [9.17, 15) is 10.2 Å². The molecule has 0 bridgehead atoms. The average molecular weight is 553 g/mol. The fourth-order valence-corrected chi connectivity index (χ4v) is 4.71. The minimum absolute atomic E-state index is 0.0760. The van der Waals surface area contributed by atoms with Crippen LogP contribution in [0.5, 0.6) is 23.0 Å². The van der Waals surface area contributed by atoms with Crippen LogP contribution in [-0.4, -0.2) is 73.3 Å². The topological polar surface area (TPSA) is 171 Å². The maximum Gasteiger partial charge on any atom is 0.200 e. The van der Waals surface area contributed by atoms with Crippen molar-refractivity contribution in [3.05, 3.63) is 64.7 Å². The van der Waals surface area contributed by atoms with E-state index < -0.39 is 5.79 Å². The molecule has 0 radical (unpaired) electrons. The van der Waals surface area contributed by atoms with E-state index in [1.54, 1.807) is 28.4 Å². The number of hydrogen-bond donors (Lipinski definition) is 4. The largest absolute Gasteiger partial charge is 0.493 e. The highest BCUT2D eigenvalue weighted by atomic mass is 16.5. The van der Waals surface area contributed by atoms with Gasteiger partial charge in [-0.15, -0.1) is 0 Å². The third-order valence-electron chi connectivity index (χ3n) is 6.72. The van der Waals surface area contributed by atoms with E-state index in [1.807, 2.05) is 36.4 Å². The van der Waals surface area contributed by atoms with Gasteiger partial charge in [0.05, 0.1) is 46.5 Å². The summed E-state index contributed by atoms with van der Waals surface area (Å²) in [6, 6.07) is 11.2. The number of anilines is 1. The Balaban J connectivity index is 1.86. The molecule has 40 heavy (non-hydrogen) atoms. The molecule has 1 atom stereocenters. The zero-order chi connectivity index (χ0) is 28.9. The number of nitrogens with zero attached hydrogens (tertiary/aromatic N) is 4. The summed E-state index contributed by atoms with van der Waals surface area (Å²) < 4.78 is 21.7. The van der Waals surface area contributed by atoms with Crippen LogP contribution >= 0.6 is 0 Å². The zero-order valence-corrected chi connectivity index (χ0v) is 23.2. The lowest BCUT2D eigenvalue weighted by atomic mass is 9.97. The highest BCUT2D eigenvalue weighted by Crippen LogP contribution is 2.36. The van der Waals surface area contributed by atoms with Gasteiger partial charge in [0.25, 0.3) is 0 Å². The van der Waals surface area contributed by atoms with Crippen LogP contribution in [0.25, 0.3) is 0 Å². The van der Waals surface area contributed by atoms with Crippen molar-refractivity contribution in [3.63, 3.8) is 0 Å². The van der Waals surface area contributed by atoms with Crippen LogP contribution in [0.3, 0.4) is 0 Å². The number of methoxy groups -OCH3 is 4. The van der Waals surface area contributed by atoms with Crippen molar-refractivity contribution in [2.45, 2.75) is 31.5 Å². The lowest BCUT2D eigenvalue weighted by molar-refractivity contribution is 0.235. The first-order valence-electron chi connectivity index (χ1n) is 12.8. The van der Waals surface area contributed by atoms with Gasteiger partial charge in [-0.05, 0) is 35.4 Å². The SMILES string of the molecule is COc1ccc(CC2=NC(N)(CCO)N(N)c3c(Cc4ccc(OC)c(OC)c4)nc(CCO)nc32)cc1OC.